The topological polar surface area (TPSA) is 174 Å². The number of aromatic amines is 2. The standard InChI is InChI=1S/C20H29N9O4/c1-12(2)14-11-16(31)26-18(24-14)28-20(33)22-7-9-29(4,5)8-6-21-19(32)27-17-23-13(3)10-15(30)25-17/h10-12H,1,6-9H2,2-5H3,(H4-2,21,22,23,24,25,26,27,28,30,31,32,33)/p+2. The zero-order valence-electron chi connectivity index (χ0n) is 19.2. The third-order valence-electron chi connectivity index (χ3n) is 4.61. The van der Waals surface area contributed by atoms with Gasteiger partial charge in [-0.3, -0.25) is 30.2 Å². The van der Waals surface area contributed by atoms with Gasteiger partial charge in [0.25, 0.3) is 11.1 Å². The summed E-state index contributed by atoms with van der Waals surface area (Å²) in [6.07, 6.45) is 0. The number of H-pyrrole nitrogens is 2. The molecular formula is C20H31N9O4+2. The molecule has 0 saturated heterocycles. The highest BCUT2D eigenvalue weighted by Gasteiger charge is 2.16. The molecule has 2 rings (SSSR count). The predicted octanol–water partition coefficient (Wildman–Crippen LogP) is 0.119. The summed E-state index contributed by atoms with van der Waals surface area (Å²) in [7, 11) is 3.91. The molecular weight excluding hydrogens is 430 g/mol. The third kappa shape index (κ3) is 9.03. The number of nitrogens with zero attached hydrogens (tertiary/aromatic N) is 3. The number of carbonyl (C=O) groups is 2. The van der Waals surface area contributed by atoms with E-state index in [4.69, 9.17) is 0 Å². The van der Waals surface area contributed by atoms with Crippen molar-refractivity contribution in [3.05, 3.63) is 51.2 Å². The number of hydrogen-bond donors (Lipinski definition) is 6. The zero-order chi connectivity index (χ0) is 24.6. The number of hydrogen-bond acceptors (Lipinski definition) is 6. The van der Waals surface area contributed by atoms with Crippen molar-refractivity contribution in [3.63, 3.8) is 0 Å². The number of likely N-dealkylation sites (N-methyl/N-ethyl adjacent to an activating group) is 1. The van der Waals surface area contributed by atoms with Crippen molar-refractivity contribution in [2.24, 2.45) is 0 Å². The summed E-state index contributed by atoms with van der Waals surface area (Å²) >= 11 is 0. The molecule has 2 aromatic heterocycles. The number of aryl methyl sites for hydroxylation is 1. The fourth-order valence-corrected chi connectivity index (χ4v) is 2.79. The van der Waals surface area contributed by atoms with Gasteiger partial charge in [-0.25, -0.2) is 19.6 Å². The first-order valence-electron chi connectivity index (χ1n) is 10.4. The first kappa shape index (κ1) is 25.4. The molecule has 0 spiro atoms. The van der Waals surface area contributed by atoms with Gasteiger partial charge in [0, 0.05) is 17.8 Å². The second-order valence-corrected chi connectivity index (χ2v) is 8.30. The van der Waals surface area contributed by atoms with Crippen LogP contribution in [0.3, 0.4) is 0 Å². The lowest BCUT2D eigenvalue weighted by atomic mass is 10.1. The van der Waals surface area contributed by atoms with Gasteiger partial charge in [-0.15, -0.1) is 0 Å². The summed E-state index contributed by atoms with van der Waals surface area (Å²) in [5.41, 5.74) is 0.256. The second kappa shape index (κ2) is 11.1. The second-order valence-electron chi connectivity index (χ2n) is 8.30. The maximum absolute atomic E-state index is 12.1. The van der Waals surface area contributed by atoms with E-state index in [1.165, 1.54) is 12.1 Å². The van der Waals surface area contributed by atoms with Gasteiger partial charge in [0.15, 0.2) is 0 Å². The Morgan fingerprint density at radius 1 is 0.970 bits per heavy atom. The summed E-state index contributed by atoms with van der Waals surface area (Å²) in [6, 6.07) is 1.69. The Kier molecular flexibility index (Phi) is 8.56. The van der Waals surface area contributed by atoms with Gasteiger partial charge in [-0.1, -0.05) is 0 Å². The van der Waals surface area contributed by atoms with E-state index in [0.29, 0.717) is 42.0 Å². The number of urea groups is 2. The smallest absolute Gasteiger partial charge is 0.321 e. The molecule has 13 heteroatoms. The van der Waals surface area contributed by atoms with Crippen molar-refractivity contribution in [1.29, 1.82) is 0 Å². The largest absolute Gasteiger partial charge is 0.332 e. The summed E-state index contributed by atoms with van der Waals surface area (Å²) < 4.78 is 0.518. The highest BCUT2D eigenvalue weighted by Crippen LogP contribution is 2.09. The van der Waals surface area contributed by atoms with Crippen LogP contribution < -0.4 is 32.4 Å². The molecule has 33 heavy (non-hydrogen) atoms. The lowest BCUT2D eigenvalue weighted by Crippen LogP contribution is -2.50. The van der Waals surface area contributed by atoms with Crippen LogP contribution in [0.2, 0.25) is 0 Å². The minimum absolute atomic E-state index is 0.0545. The van der Waals surface area contributed by atoms with Crippen molar-refractivity contribution < 1.29 is 14.1 Å². The van der Waals surface area contributed by atoms with Crippen LogP contribution >= 0.6 is 0 Å². The molecule has 1 unspecified atom stereocenters. The van der Waals surface area contributed by atoms with Crippen molar-refractivity contribution >= 4 is 24.0 Å². The summed E-state index contributed by atoms with van der Waals surface area (Å²) in [5.74, 6) is -0.0635. The Balaban J connectivity index is 1.72. The van der Waals surface area contributed by atoms with Crippen LogP contribution in [0.5, 0.6) is 0 Å². The fraction of sp³-hybridized carbons (Fsp3) is 0.450. The van der Waals surface area contributed by atoms with Crippen LogP contribution in [0, 0.1) is 13.8 Å². The van der Waals surface area contributed by atoms with Gasteiger partial charge >= 0.3 is 12.1 Å². The quantitative estimate of drug-likeness (QED) is 0.228. The first-order chi connectivity index (χ1) is 15.4. The van der Waals surface area contributed by atoms with Crippen LogP contribution in [0.25, 0.3) is 0 Å². The molecule has 4 amide bonds. The van der Waals surface area contributed by atoms with Crippen LogP contribution in [-0.4, -0.2) is 76.8 Å². The molecule has 2 aromatic rings. The molecule has 0 aliphatic rings. The van der Waals surface area contributed by atoms with Gasteiger partial charge in [-0.05, 0) is 13.8 Å². The van der Waals surface area contributed by atoms with Crippen molar-refractivity contribution in [1.82, 2.24) is 30.6 Å². The van der Waals surface area contributed by atoms with Crippen LogP contribution in [0.15, 0.2) is 21.7 Å². The number of carbonyl (C=O) groups excluding carboxylic acids is 2. The predicted molar refractivity (Wildman–Crippen MR) is 124 cm³/mol. The molecule has 0 aliphatic carbocycles. The molecule has 6 N–H and O–H groups in total. The SMILES string of the molecule is [CH2+]C(C)c1cc(=O)[nH]c(NC(=O)NCC[N+](C)(C)CCNC(=O)Nc2nc(C)cc(=O)[nH]2)n1. The maximum Gasteiger partial charge on any atom is 0.321 e. The molecule has 2 heterocycles. The van der Waals surface area contributed by atoms with Crippen molar-refractivity contribution in [3.8, 4) is 0 Å². The number of aromatic nitrogens is 4. The molecule has 178 valence electrons. The third-order valence-corrected chi connectivity index (χ3v) is 4.61. The molecule has 1 atom stereocenters. The zero-order valence-corrected chi connectivity index (χ0v) is 19.2. The Morgan fingerprint density at radius 3 is 1.94 bits per heavy atom. The summed E-state index contributed by atoms with van der Waals surface area (Å²) in [5, 5.41) is 10.4. The fourth-order valence-electron chi connectivity index (χ4n) is 2.79. The molecule has 13 nitrogen and oxygen atoms in total. The van der Waals surface area contributed by atoms with Gasteiger partial charge in [0.05, 0.1) is 52.9 Å². The molecule has 0 radical (unpaired) electrons. The number of anilines is 2. The van der Waals surface area contributed by atoms with E-state index in [-0.39, 0.29) is 28.9 Å². The van der Waals surface area contributed by atoms with Crippen molar-refractivity contribution in [2.75, 3.05) is 50.9 Å². The Hall–Kier alpha value is -3.87. The Bertz CT molecular complexity index is 1090. The lowest BCUT2D eigenvalue weighted by Gasteiger charge is -2.29. The average Bonchev–Trinajstić information content (AvgIpc) is 2.66. The molecule has 0 fully saturated rings. The summed E-state index contributed by atoms with van der Waals surface area (Å²) in [6.45, 7) is 9.16. The number of nitrogens with one attached hydrogen (secondary N) is 6. The van der Waals surface area contributed by atoms with E-state index >= 15 is 0 Å². The van der Waals surface area contributed by atoms with E-state index in [1.807, 2.05) is 14.1 Å². The van der Waals surface area contributed by atoms with Crippen molar-refractivity contribution in [2.45, 2.75) is 19.8 Å². The molecule has 0 aromatic carbocycles. The average molecular weight is 462 g/mol. The molecule has 0 aliphatic heterocycles. The molecule has 0 bridgehead atoms. The lowest BCUT2D eigenvalue weighted by molar-refractivity contribution is -0.887. The number of amides is 4. The van der Waals surface area contributed by atoms with Gasteiger partial charge in [0.2, 0.25) is 11.9 Å². The van der Waals surface area contributed by atoms with Gasteiger partial charge in [-0.2, -0.15) is 0 Å². The molecule has 0 saturated carbocycles. The number of quaternary nitrogens is 1. The maximum atomic E-state index is 12.1. The van der Waals surface area contributed by atoms with Crippen LogP contribution in [0.1, 0.15) is 24.2 Å². The van der Waals surface area contributed by atoms with E-state index in [9.17, 15) is 19.2 Å². The number of rotatable bonds is 9. The monoisotopic (exact) mass is 461 g/mol. The minimum Gasteiger partial charge on any atom is -0.332 e. The first-order valence-corrected chi connectivity index (χ1v) is 10.4. The summed E-state index contributed by atoms with van der Waals surface area (Å²) in [4.78, 5) is 60.3. The van der Waals surface area contributed by atoms with E-state index in [0.717, 1.165) is 0 Å². The highest BCUT2D eigenvalue weighted by molar-refractivity contribution is 5.87. The van der Waals surface area contributed by atoms with Gasteiger partial charge in [0.1, 0.15) is 5.92 Å². The minimum atomic E-state index is -0.496. The van der Waals surface area contributed by atoms with Crippen LogP contribution in [-0.2, 0) is 0 Å². The Morgan fingerprint density at radius 2 is 1.45 bits per heavy atom. The Labute approximate surface area is 191 Å². The van der Waals surface area contributed by atoms with Crippen LogP contribution in [0.4, 0.5) is 21.5 Å². The highest BCUT2D eigenvalue weighted by atomic mass is 16.2. The van der Waals surface area contributed by atoms with Gasteiger partial charge < -0.3 is 15.1 Å². The van der Waals surface area contributed by atoms with E-state index < -0.39 is 12.1 Å². The van der Waals surface area contributed by atoms with E-state index in [2.05, 4.69) is 48.1 Å². The van der Waals surface area contributed by atoms with E-state index in [1.54, 1.807) is 13.8 Å². The normalized spacial score (nSPS) is 12.0.